The number of ketones is 1. The molecule has 5 heteroatoms. The molecule has 1 nitrogen and oxygen atoms in total. The van der Waals surface area contributed by atoms with Crippen LogP contribution in [0.3, 0.4) is 0 Å². The lowest BCUT2D eigenvalue weighted by Crippen LogP contribution is -2.00. The molecular formula is C11H10BrFOS2. The molecule has 86 valence electrons. The van der Waals surface area contributed by atoms with E-state index >= 15 is 0 Å². The summed E-state index contributed by atoms with van der Waals surface area (Å²) in [5.74, 6) is -1.24. The second-order valence-corrected chi connectivity index (χ2v) is 5.65. The van der Waals surface area contributed by atoms with E-state index in [1.807, 2.05) is 0 Å². The minimum absolute atomic E-state index is 0.362. The van der Waals surface area contributed by atoms with Gasteiger partial charge in [-0.05, 0) is 36.8 Å². The fourth-order valence-electron chi connectivity index (χ4n) is 1.08. The summed E-state index contributed by atoms with van der Waals surface area (Å²) in [7, 11) is 0. The first-order valence-corrected chi connectivity index (χ1v) is 7.62. The lowest BCUT2D eigenvalue weighted by Gasteiger charge is -2.03. The van der Waals surface area contributed by atoms with Crippen molar-refractivity contribution in [2.24, 2.45) is 0 Å². The molecular weight excluding hydrogens is 311 g/mol. The van der Waals surface area contributed by atoms with E-state index in [1.165, 1.54) is 23.5 Å². The Bertz CT molecular complexity index is 408. The van der Waals surface area contributed by atoms with Crippen molar-refractivity contribution < 1.29 is 9.18 Å². The van der Waals surface area contributed by atoms with Crippen molar-refractivity contribution in [1.82, 2.24) is 0 Å². The molecule has 0 fully saturated rings. The topological polar surface area (TPSA) is 17.1 Å². The van der Waals surface area contributed by atoms with Crippen molar-refractivity contribution in [3.63, 3.8) is 0 Å². The number of allylic oxidation sites excluding steroid dienone is 1. The van der Waals surface area contributed by atoms with E-state index < -0.39 is 11.6 Å². The third-order valence-corrected chi connectivity index (χ3v) is 4.48. The Morgan fingerprint density at radius 1 is 1.19 bits per heavy atom. The van der Waals surface area contributed by atoms with E-state index in [0.717, 1.165) is 4.47 Å². The maximum Gasteiger partial charge on any atom is 0.223 e. The lowest BCUT2D eigenvalue weighted by atomic mass is 10.1. The summed E-state index contributed by atoms with van der Waals surface area (Å²) >= 11 is 5.75. The molecule has 0 saturated carbocycles. The first-order valence-electron chi connectivity index (χ1n) is 4.38. The Morgan fingerprint density at radius 3 is 2.12 bits per heavy atom. The van der Waals surface area contributed by atoms with Gasteiger partial charge < -0.3 is 0 Å². The summed E-state index contributed by atoms with van der Waals surface area (Å²) in [5.41, 5.74) is 0.362. The second kappa shape index (κ2) is 6.47. The fourth-order valence-corrected chi connectivity index (χ4v) is 2.56. The number of rotatable bonds is 4. The van der Waals surface area contributed by atoms with E-state index in [4.69, 9.17) is 0 Å². The smallest absolute Gasteiger partial charge is 0.223 e. The van der Waals surface area contributed by atoms with Crippen LogP contribution in [0.2, 0.25) is 0 Å². The number of thioether (sulfide) groups is 2. The molecule has 0 bridgehead atoms. The number of carbonyl (C=O) groups excluding carboxylic acids is 1. The molecule has 0 unspecified atom stereocenters. The summed E-state index contributed by atoms with van der Waals surface area (Å²) in [5, 5.41) is 0. The van der Waals surface area contributed by atoms with Crippen LogP contribution in [0.25, 0.3) is 0 Å². The Balaban J connectivity index is 3.02. The first-order chi connectivity index (χ1) is 7.60. The predicted molar refractivity (Wildman–Crippen MR) is 73.6 cm³/mol. The summed E-state index contributed by atoms with van der Waals surface area (Å²) < 4.78 is 15.0. The van der Waals surface area contributed by atoms with Gasteiger partial charge in [0.1, 0.15) is 0 Å². The van der Waals surface area contributed by atoms with Gasteiger partial charge in [-0.2, -0.15) is 0 Å². The van der Waals surface area contributed by atoms with Crippen LogP contribution in [-0.4, -0.2) is 18.3 Å². The van der Waals surface area contributed by atoms with Crippen molar-refractivity contribution in [3.8, 4) is 0 Å². The van der Waals surface area contributed by atoms with Gasteiger partial charge >= 0.3 is 0 Å². The number of Topliss-reactive ketones (excluding diaryl/α,β-unsaturated/α-hetero) is 1. The average Bonchev–Trinajstić information content (AvgIpc) is 2.30. The molecule has 0 aliphatic carbocycles. The molecule has 0 atom stereocenters. The summed E-state index contributed by atoms with van der Waals surface area (Å²) in [4.78, 5) is 11.7. The minimum Gasteiger partial charge on any atom is -0.286 e. The van der Waals surface area contributed by atoms with Gasteiger partial charge in [-0.15, -0.1) is 23.5 Å². The van der Waals surface area contributed by atoms with E-state index in [2.05, 4.69) is 15.9 Å². The molecule has 1 aromatic carbocycles. The average molecular weight is 321 g/mol. The van der Waals surface area contributed by atoms with Crippen molar-refractivity contribution in [3.05, 3.63) is 44.4 Å². The Kier molecular flexibility index (Phi) is 5.58. The highest BCUT2D eigenvalue weighted by atomic mass is 79.9. The largest absolute Gasteiger partial charge is 0.286 e. The van der Waals surface area contributed by atoms with Gasteiger partial charge in [0.05, 0.1) is 4.24 Å². The highest BCUT2D eigenvalue weighted by Gasteiger charge is 2.16. The Labute approximate surface area is 111 Å². The maximum absolute atomic E-state index is 13.7. The third-order valence-electron chi connectivity index (χ3n) is 1.86. The number of halogens is 2. The number of benzene rings is 1. The molecule has 0 aliphatic rings. The van der Waals surface area contributed by atoms with Crippen molar-refractivity contribution in [2.45, 2.75) is 0 Å². The standard InChI is InChI=1S/C11H10BrFOS2/c1-15-11(16-2)9(13)10(14)7-3-5-8(12)6-4-7/h3-6H,1-2H3. The highest BCUT2D eigenvalue weighted by Crippen LogP contribution is 2.30. The van der Waals surface area contributed by atoms with E-state index in [-0.39, 0.29) is 0 Å². The normalized spacial score (nSPS) is 10.0. The van der Waals surface area contributed by atoms with Crippen LogP contribution in [0.15, 0.2) is 38.8 Å². The number of hydrogen-bond donors (Lipinski definition) is 0. The van der Waals surface area contributed by atoms with Crippen molar-refractivity contribution in [2.75, 3.05) is 12.5 Å². The zero-order valence-corrected chi connectivity index (χ0v) is 12.0. The highest BCUT2D eigenvalue weighted by molar-refractivity contribution is 9.10. The maximum atomic E-state index is 13.7. The molecule has 0 amide bonds. The zero-order valence-electron chi connectivity index (χ0n) is 8.79. The molecule has 1 rings (SSSR count). The molecule has 0 heterocycles. The van der Waals surface area contributed by atoms with Crippen LogP contribution in [0, 0.1) is 0 Å². The van der Waals surface area contributed by atoms with Crippen LogP contribution < -0.4 is 0 Å². The molecule has 0 saturated heterocycles. The predicted octanol–water partition coefficient (Wildman–Crippen LogP) is 4.50. The van der Waals surface area contributed by atoms with Crippen LogP contribution in [-0.2, 0) is 0 Å². The van der Waals surface area contributed by atoms with Gasteiger partial charge in [-0.1, -0.05) is 15.9 Å². The SMILES string of the molecule is CSC(SC)=C(F)C(=O)c1ccc(Br)cc1. The van der Waals surface area contributed by atoms with E-state index in [1.54, 1.807) is 36.8 Å². The van der Waals surface area contributed by atoms with Crippen LogP contribution in [0.4, 0.5) is 4.39 Å². The van der Waals surface area contributed by atoms with E-state index in [0.29, 0.717) is 9.80 Å². The van der Waals surface area contributed by atoms with Gasteiger partial charge in [-0.3, -0.25) is 4.79 Å². The molecule has 0 radical (unpaired) electrons. The van der Waals surface area contributed by atoms with Crippen LogP contribution in [0.5, 0.6) is 0 Å². The molecule has 0 aromatic heterocycles. The summed E-state index contributed by atoms with van der Waals surface area (Å²) in [6, 6.07) is 6.64. The Morgan fingerprint density at radius 2 is 1.69 bits per heavy atom. The van der Waals surface area contributed by atoms with Gasteiger partial charge in [0.25, 0.3) is 0 Å². The van der Waals surface area contributed by atoms with Crippen LogP contribution >= 0.6 is 39.5 Å². The van der Waals surface area contributed by atoms with Gasteiger partial charge in [0.2, 0.25) is 5.78 Å². The summed E-state index contributed by atoms with van der Waals surface area (Å²) in [6.07, 6.45) is 3.50. The zero-order chi connectivity index (χ0) is 12.1. The third kappa shape index (κ3) is 3.37. The summed E-state index contributed by atoms with van der Waals surface area (Å²) in [6.45, 7) is 0. The molecule has 0 N–H and O–H groups in total. The number of carbonyl (C=O) groups is 1. The molecule has 16 heavy (non-hydrogen) atoms. The van der Waals surface area contributed by atoms with Crippen molar-refractivity contribution in [1.29, 1.82) is 0 Å². The number of hydrogen-bond acceptors (Lipinski definition) is 3. The van der Waals surface area contributed by atoms with E-state index in [9.17, 15) is 9.18 Å². The van der Waals surface area contributed by atoms with Gasteiger partial charge in [0, 0.05) is 10.0 Å². The lowest BCUT2D eigenvalue weighted by molar-refractivity contribution is 0.100. The fraction of sp³-hybridized carbons (Fsp3) is 0.182. The second-order valence-electron chi connectivity index (χ2n) is 2.85. The quantitative estimate of drug-likeness (QED) is 0.600. The first kappa shape index (κ1) is 13.8. The minimum atomic E-state index is -0.678. The van der Waals surface area contributed by atoms with Gasteiger partial charge in [0.15, 0.2) is 5.83 Å². The molecule has 0 spiro atoms. The molecule has 1 aromatic rings. The van der Waals surface area contributed by atoms with Gasteiger partial charge in [-0.25, -0.2) is 4.39 Å². The Hall–Kier alpha value is -0.260. The monoisotopic (exact) mass is 320 g/mol. The van der Waals surface area contributed by atoms with Crippen LogP contribution in [0.1, 0.15) is 10.4 Å². The molecule has 0 aliphatic heterocycles. The van der Waals surface area contributed by atoms with Crippen molar-refractivity contribution >= 4 is 45.2 Å².